The van der Waals surface area contributed by atoms with Crippen molar-refractivity contribution < 1.29 is 19.2 Å². The molecule has 9 nitrogen and oxygen atoms in total. The summed E-state index contributed by atoms with van der Waals surface area (Å²) in [4.78, 5) is 35.9. The van der Waals surface area contributed by atoms with Crippen LogP contribution in [0.4, 0.5) is 10.5 Å². The molecule has 0 spiro atoms. The van der Waals surface area contributed by atoms with Crippen LogP contribution in [0.2, 0.25) is 0 Å². The molecule has 170 valence electrons. The Hall–Kier alpha value is -2.94. The normalized spacial score (nSPS) is 17.1. The van der Waals surface area contributed by atoms with E-state index in [4.69, 9.17) is 4.74 Å². The third-order valence-corrected chi connectivity index (χ3v) is 4.78. The first-order valence-electron chi connectivity index (χ1n) is 10.3. The van der Waals surface area contributed by atoms with Crippen molar-refractivity contribution in [3.8, 4) is 0 Å². The molecule has 0 fully saturated rings. The molecule has 0 saturated heterocycles. The number of non-ortho nitro benzene ring substituents is 1. The monoisotopic (exact) mass is 432 g/mol. The fourth-order valence-electron chi connectivity index (χ4n) is 3.99. The maximum atomic E-state index is 12.8. The minimum absolute atomic E-state index is 0.0811. The Morgan fingerprint density at radius 1 is 1.26 bits per heavy atom. The van der Waals surface area contributed by atoms with Crippen molar-refractivity contribution in [1.82, 2.24) is 16.0 Å². The van der Waals surface area contributed by atoms with Gasteiger partial charge in [0, 0.05) is 29.9 Å². The van der Waals surface area contributed by atoms with Gasteiger partial charge < -0.3 is 20.7 Å². The molecule has 1 atom stereocenters. The summed E-state index contributed by atoms with van der Waals surface area (Å²) in [6.07, 6.45) is 0.864. The second-order valence-electron chi connectivity index (χ2n) is 9.47. The van der Waals surface area contributed by atoms with Crippen LogP contribution in [0.3, 0.4) is 0 Å². The summed E-state index contributed by atoms with van der Waals surface area (Å²) >= 11 is 0. The number of nitrogens with zero attached hydrogens (tertiary/aromatic N) is 1. The first-order valence-corrected chi connectivity index (χ1v) is 10.3. The molecule has 0 bridgehead atoms. The average molecular weight is 433 g/mol. The van der Waals surface area contributed by atoms with Gasteiger partial charge in [0.2, 0.25) is 0 Å². The van der Waals surface area contributed by atoms with E-state index in [-0.39, 0.29) is 35.4 Å². The number of nitrogens with one attached hydrogen (secondary N) is 3. The highest BCUT2D eigenvalue weighted by Gasteiger charge is 2.35. The molecule has 1 aliphatic heterocycles. The van der Waals surface area contributed by atoms with E-state index >= 15 is 0 Å². The van der Waals surface area contributed by atoms with Crippen LogP contribution in [0, 0.1) is 15.5 Å². The van der Waals surface area contributed by atoms with Crippen LogP contribution >= 0.6 is 0 Å². The summed E-state index contributed by atoms with van der Waals surface area (Å²) in [7, 11) is 0. The summed E-state index contributed by atoms with van der Waals surface area (Å²) in [5.41, 5.74) is 0.735. The molecule has 0 saturated carbocycles. The zero-order valence-corrected chi connectivity index (χ0v) is 19.0. The number of amides is 2. The van der Waals surface area contributed by atoms with Crippen LogP contribution in [0.1, 0.15) is 59.6 Å². The maximum absolute atomic E-state index is 12.8. The van der Waals surface area contributed by atoms with Gasteiger partial charge in [-0.15, -0.1) is 0 Å². The van der Waals surface area contributed by atoms with Crippen LogP contribution < -0.4 is 16.0 Å². The Morgan fingerprint density at radius 3 is 2.52 bits per heavy atom. The summed E-state index contributed by atoms with van der Waals surface area (Å²) in [6.45, 7) is 12.6. The summed E-state index contributed by atoms with van der Waals surface area (Å²) in [5.74, 6) is -0.586. The van der Waals surface area contributed by atoms with Crippen molar-refractivity contribution in [1.29, 1.82) is 0 Å². The zero-order valence-electron chi connectivity index (χ0n) is 19.0. The Morgan fingerprint density at radius 2 is 1.94 bits per heavy atom. The van der Waals surface area contributed by atoms with E-state index in [0.717, 1.165) is 6.42 Å². The molecule has 9 heteroatoms. The number of nitro benzene ring substituents is 1. The number of urea groups is 1. The summed E-state index contributed by atoms with van der Waals surface area (Å²) < 4.78 is 5.24. The van der Waals surface area contributed by atoms with Crippen molar-refractivity contribution in [2.45, 2.75) is 59.5 Å². The quantitative estimate of drug-likeness (QED) is 0.328. The van der Waals surface area contributed by atoms with Gasteiger partial charge >= 0.3 is 12.0 Å². The minimum atomic E-state index is -0.866. The molecule has 0 unspecified atom stereocenters. The highest BCUT2D eigenvalue weighted by atomic mass is 16.6. The van der Waals surface area contributed by atoms with E-state index < -0.39 is 23.0 Å². The molecule has 0 aromatic heterocycles. The van der Waals surface area contributed by atoms with Crippen molar-refractivity contribution in [2.75, 3.05) is 13.2 Å². The molecule has 3 N–H and O–H groups in total. The highest BCUT2D eigenvalue weighted by molar-refractivity contribution is 5.95. The lowest BCUT2D eigenvalue weighted by Crippen LogP contribution is -2.51. The number of ether oxygens (including phenoxy) is 1. The smallest absolute Gasteiger partial charge is 0.338 e. The fraction of sp³-hybridized carbons (Fsp3) is 0.545. The summed E-state index contributed by atoms with van der Waals surface area (Å²) in [6, 6.07) is 4.51. The molecule has 1 aromatic rings. The lowest BCUT2D eigenvalue weighted by atomic mass is 9.81. The Kier molecular flexibility index (Phi) is 7.43. The van der Waals surface area contributed by atoms with Gasteiger partial charge in [-0.25, -0.2) is 9.59 Å². The second kappa shape index (κ2) is 9.47. The van der Waals surface area contributed by atoms with Gasteiger partial charge in [-0.05, 0) is 38.2 Å². The second-order valence-corrected chi connectivity index (χ2v) is 9.47. The number of benzene rings is 1. The van der Waals surface area contributed by atoms with Crippen LogP contribution in [0.25, 0.3) is 0 Å². The van der Waals surface area contributed by atoms with E-state index in [2.05, 4.69) is 50.6 Å². The SMILES string of the molecule is CCOC(=O)C1=C(CNC(C)(C)CC(C)(C)C)NC(=O)N[C@@H]1c1cccc([N+](=O)[O-])c1. The highest BCUT2D eigenvalue weighted by Crippen LogP contribution is 2.31. The number of hydrogen-bond donors (Lipinski definition) is 3. The fourth-order valence-corrected chi connectivity index (χ4v) is 3.99. The van der Waals surface area contributed by atoms with Crippen molar-refractivity contribution in [3.63, 3.8) is 0 Å². The minimum Gasteiger partial charge on any atom is -0.463 e. The standard InChI is InChI=1S/C22H32N4O5/c1-7-31-19(27)17-16(12-23-22(5,6)13-21(2,3)4)24-20(28)25-18(17)14-9-8-10-15(11-14)26(29)30/h8-11,18,23H,7,12-13H2,1-6H3,(H2,24,25,28)/t18-/m1/s1. The molecular formula is C22H32N4O5. The van der Waals surface area contributed by atoms with Crippen LogP contribution in [0.5, 0.6) is 0 Å². The first kappa shape index (κ1) is 24.3. The van der Waals surface area contributed by atoms with Crippen LogP contribution in [-0.2, 0) is 9.53 Å². The van der Waals surface area contributed by atoms with Gasteiger partial charge in [-0.2, -0.15) is 0 Å². The zero-order chi connectivity index (χ0) is 23.4. The van der Waals surface area contributed by atoms with Gasteiger partial charge in [0.25, 0.3) is 5.69 Å². The largest absolute Gasteiger partial charge is 0.463 e. The Bertz CT molecular complexity index is 886. The maximum Gasteiger partial charge on any atom is 0.338 e. The van der Waals surface area contributed by atoms with Gasteiger partial charge in [0.05, 0.1) is 23.1 Å². The molecule has 0 radical (unpaired) electrons. The lowest BCUT2D eigenvalue weighted by Gasteiger charge is -2.35. The average Bonchev–Trinajstić information content (AvgIpc) is 2.64. The number of hydrogen-bond acceptors (Lipinski definition) is 6. The predicted octanol–water partition coefficient (Wildman–Crippen LogP) is 3.57. The molecule has 0 aliphatic carbocycles. The van der Waals surface area contributed by atoms with Gasteiger partial charge in [-0.1, -0.05) is 32.9 Å². The number of esters is 1. The molecule has 31 heavy (non-hydrogen) atoms. The van der Waals surface area contributed by atoms with Crippen molar-refractivity contribution in [2.24, 2.45) is 5.41 Å². The van der Waals surface area contributed by atoms with Crippen molar-refractivity contribution >= 4 is 17.7 Å². The Balaban J connectivity index is 2.45. The van der Waals surface area contributed by atoms with Gasteiger partial charge in [0.1, 0.15) is 0 Å². The molecule has 1 heterocycles. The molecular weight excluding hydrogens is 400 g/mol. The van der Waals surface area contributed by atoms with Crippen LogP contribution in [-0.4, -0.2) is 35.6 Å². The number of carbonyl (C=O) groups excluding carboxylic acids is 2. The molecule has 2 rings (SSSR count). The third-order valence-electron chi connectivity index (χ3n) is 4.78. The van der Waals surface area contributed by atoms with E-state index in [1.807, 2.05) is 0 Å². The number of rotatable bonds is 8. The Labute approximate surface area is 182 Å². The first-order chi connectivity index (χ1) is 14.3. The van der Waals surface area contributed by atoms with E-state index in [9.17, 15) is 19.7 Å². The predicted molar refractivity (Wildman–Crippen MR) is 117 cm³/mol. The lowest BCUT2D eigenvalue weighted by molar-refractivity contribution is -0.384. The number of nitro groups is 1. The molecule has 1 aromatic carbocycles. The van der Waals surface area contributed by atoms with Crippen LogP contribution in [0.15, 0.2) is 35.5 Å². The van der Waals surface area contributed by atoms with E-state index in [1.54, 1.807) is 13.0 Å². The summed E-state index contributed by atoms with van der Waals surface area (Å²) in [5, 5.41) is 20.0. The topological polar surface area (TPSA) is 123 Å². The van der Waals surface area contributed by atoms with E-state index in [1.165, 1.54) is 18.2 Å². The molecule has 2 amide bonds. The van der Waals surface area contributed by atoms with Gasteiger partial charge in [0.15, 0.2) is 0 Å². The van der Waals surface area contributed by atoms with E-state index in [0.29, 0.717) is 11.3 Å². The van der Waals surface area contributed by atoms with Gasteiger partial charge in [-0.3, -0.25) is 10.1 Å². The number of carbonyl (C=O) groups is 2. The third kappa shape index (κ3) is 6.78. The molecule has 1 aliphatic rings. The van der Waals surface area contributed by atoms with Crippen molar-refractivity contribution in [3.05, 3.63) is 51.2 Å².